The zero-order chi connectivity index (χ0) is 15.8. The molecule has 1 aromatic carbocycles. The Bertz CT molecular complexity index is 725. The van der Waals surface area contributed by atoms with Crippen LogP contribution in [0, 0.1) is 11.8 Å². The first-order chi connectivity index (χ1) is 10.7. The highest BCUT2D eigenvalue weighted by Crippen LogP contribution is 2.22. The van der Waals surface area contributed by atoms with Gasteiger partial charge in [0.15, 0.2) is 0 Å². The van der Waals surface area contributed by atoms with Gasteiger partial charge in [-0.05, 0) is 34.1 Å². The van der Waals surface area contributed by atoms with Crippen LogP contribution in [-0.2, 0) is 0 Å². The van der Waals surface area contributed by atoms with Crippen LogP contribution in [0.15, 0.2) is 47.2 Å². The number of nitrogens with zero attached hydrogens (tertiary/aromatic N) is 1. The summed E-state index contributed by atoms with van der Waals surface area (Å²) in [5, 5.41) is 3.22. The van der Waals surface area contributed by atoms with E-state index in [1.54, 1.807) is 24.4 Å². The average Bonchev–Trinajstić information content (AvgIpc) is 2.52. The maximum atomic E-state index is 11.8. The van der Waals surface area contributed by atoms with Gasteiger partial charge in [-0.15, -0.1) is 0 Å². The molecule has 0 spiro atoms. The smallest absolute Gasteiger partial charge is 0.253 e. The number of carbonyl (C=O) groups is 1. The van der Waals surface area contributed by atoms with Crippen molar-refractivity contribution in [2.45, 2.75) is 0 Å². The van der Waals surface area contributed by atoms with Gasteiger partial charge in [0.05, 0.1) is 17.1 Å². The number of aromatic nitrogens is 1. The lowest BCUT2D eigenvalue weighted by Crippen LogP contribution is -2.23. The van der Waals surface area contributed by atoms with Crippen LogP contribution < -0.4 is 10.1 Å². The third kappa shape index (κ3) is 5.06. The largest absolute Gasteiger partial charge is 0.479 e. The predicted molar refractivity (Wildman–Crippen MR) is 89.0 cm³/mol. The lowest BCUT2D eigenvalue weighted by atomic mass is 10.3. The number of hydrogen-bond donors (Lipinski definition) is 1. The van der Waals surface area contributed by atoms with E-state index in [9.17, 15) is 4.79 Å². The second-order valence-corrected chi connectivity index (χ2v) is 5.47. The van der Waals surface area contributed by atoms with E-state index in [0.717, 1.165) is 4.47 Å². The number of benzene rings is 1. The van der Waals surface area contributed by atoms with Crippen LogP contribution in [0.5, 0.6) is 5.75 Å². The monoisotopic (exact) mass is 378 g/mol. The van der Waals surface area contributed by atoms with Crippen molar-refractivity contribution < 1.29 is 9.53 Å². The number of halogens is 2. The Kier molecular flexibility index (Phi) is 6.26. The second-order valence-electron chi connectivity index (χ2n) is 4.15. The van der Waals surface area contributed by atoms with Gasteiger partial charge in [0, 0.05) is 16.9 Å². The molecule has 0 aliphatic carbocycles. The Hall–Kier alpha value is -2.03. The molecular weight excluding hydrogens is 368 g/mol. The van der Waals surface area contributed by atoms with Gasteiger partial charge in [-0.25, -0.2) is 0 Å². The Morgan fingerprint density at radius 2 is 2.14 bits per heavy atom. The summed E-state index contributed by atoms with van der Waals surface area (Å²) in [5.74, 6) is 5.98. The standard InChI is InChI=1S/C16H12BrClN2O2/c17-13-9-12(10-19-11-13)16(21)20-7-3-4-8-22-15-6-2-1-5-14(15)18/h1-2,5-6,9-11H,7-8H2,(H,20,21). The number of nitrogens with one attached hydrogen (secondary N) is 1. The third-order valence-electron chi connectivity index (χ3n) is 2.57. The van der Waals surface area contributed by atoms with Crippen LogP contribution in [0.2, 0.25) is 5.02 Å². The first-order valence-corrected chi connectivity index (χ1v) is 7.55. The number of amides is 1. The fourth-order valence-electron chi connectivity index (χ4n) is 1.55. The highest BCUT2D eigenvalue weighted by Gasteiger charge is 2.04. The summed E-state index contributed by atoms with van der Waals surface area (Å²) >= 11 is 9.21. The summed E-state index contributed by atoms with van der Waals surface area (Å²) < 4.78 is 6.16. The van der Waals surface area contributed by atoms with Gasteiger partial charge in [0.2, 0.25) is 0 Å². The van der Waals surface area contributed by atoms with Crippen LogP contribution in [0.25, 0.3) is 0 Å². The fraction of sp³-hybridized carbons (Fsp3) is 0.125. The van der Waals surface area contributed by atoms with Crippen LogP contribution >= 0.6 is 27.5 Å². The SMILES string of the molecule is O=C(NCC#CCOc1ccccc1Cl)c1cncc(Br)c1. The van der Waals surface area contributed by atoms with Gasteiger partial charge in [0.25, 0.3) is 5.91 Å². The molecule has 1 N–H and O–H groups in total. The molecule has 1 heterocycles. The van der Waals surface area contributed by atoms with Crippen molar-refractivity contribution >= 4 is 33.4 Å². The van der Waals surface area contributed by atoms with E-state index in [4.69, 9.17) is 16.3 Å². The molecule has 0 atom stereocenters. The summed E-state index contributed by atoms with van der Waals surface area (Å²) in [6, 6.07) is 8.87. The zero-order valence-corrected chi connectivity index (χ0v) is 13.8. The van der Waals surface area contributed by atoms with E-state index in [0.29, 0.717) is 16.3 Å². The van der Waals surface area contributed by atoms with Crippen molar-refractivity contribution in [1.82, 2.24) is 10.3 Å². The van der Waals surface area contributed by atoms with E-state index in [1.165, 1.54) is 6.20 Å². The molecular formula is C16H12BrClN2O2. The minimum absolute atomic E-state index is 0.206. The van der Waals surface area contributed by atoms with Crippen LogP contribution in [0.3, 0.4) is 0 Å². The van der Waals surface area contributed by atoms with Gasteiger partial charge in [-0.2, -0.15) is 0 Å². The molecule has 112 valence electrons. The van der Waals surface area contributed by atoms with Gasteiger partial charge in [-0.1, -0.05) is 35.6 Å². The molecule has 0 unspecified atom stereocenters. The number of rotatable bonds is 4. The summed E-state index contributed by atoms with van der Waals surface area (Å²) in [4.78, 5) is 15.7. The Morgan fingerprint density at radius 3 is 2.91 bits per heavy atom. The van der Waals surface area contributed by atoms with Crippen LogP contribution in [-0.4, -0.2) is 24.0 Å². The van der Waals surface area contributed by atoms with Gasteiger partial charge < -0.3 is 10.1 Å². The van der Waals surface area contributed by atoms with E-state index in [-0.39, 0.29) is 19.1 Å². The molecule has 0 aliphatic rings. The molecule has 1 amide bonds. The highest BCUT2D eigenvalue weighted by molar-refractivity contribution is 9.10. The highest BCUT2D eigenvalue weighted by atomic mass is 79.9. The van der Waals surface area contributed by atoms with Crippen molar-refractivity contribution in [3.63, 3.8) is 0 Å². The molecule has 4 nitrogen and oxygen atoms in total. The zero-order valence-electron chi connectivity index (χ0n) is 11.5. The number of carbonyl (C=O) groups excluding carboxylic acids is 1. The number of para-hydroxylation sites is 1. The lowest BCUT2D eigenvalue weighted by Gasteiger charge is -2.03. The Labute approximate surface area is 142 Å². The van der Waals surface area contributed by atoms with E-state index in [1.807, 2.05) is 12.1 Å². The minimum Gasteiger partial charge on any atom is -0.479 e. The number of ether oxygens (including phenoxy) is 1. The van der Waals surface area contributed by atoms with E-state index in [2.05, 4.69) is 38.1 Å². The van der Waals surface area contributed by atoms with Crippen molar-refractivity contribution in [3.05, 3.63) is 57.8 Å². The van der Waals surface area contributed by atoms with E-state index < -0.39 is 0 Å². The molecule has 2 aromatic rings. The lowest BCUT2D eigenvalue weighted by molar-refractivity contribution is 0.0958. The maximum absolute atomic E-state index is 11.8. The maximum Gasteiger partial charge on any atom is 0.253 e. The van der Waals surface area contributed by atoms with Crippen molar-refractivity contribution in [1.29, 1.82) is 0 Å². The molecule has 0 aliphatic heterocycles. The number of hydrogen-bond acceptors (Lipinski definition) is 3. The van der Waals surface area contributed by atoms with Crippen molar-refractivity contribution in [2.24, 2.45) is 0 Å². The molecule has 2 rings (SSSR count). The average molecular weight is 380 g/mol. The van der Waals surface area contributed by atoms with Crippen LogP contribution in [0.1, 0.15) is 10.4 Å². The Balaban J connectivity index is 1.75. The number of pyridine rings is 1. The third-order valence-corrected chi connectivity index (χ3v) is 3.31. The quantitative estimate of drug-likeness (QED) is 0.829. The summed E-state index contributed by atoms with van der Waals surface area (Å²) in [7, 11) is 0. The fourth-order valence-corrected chi connectivity index (χ4v) is 2.11. The molecule has 0 saturated heterocycles. The first-order valence-electron chi connectivity index (χ1n) is 6.38. The topological polar surface area (TPSA) is 51.2 Å². The van der Waals surface area contributed by atoms with Crippen molar-refractivity contribution in [3.8, 4) is 17.6 Å². The minimum atomic E-state index is -0.227. The second kappa shape index (κ2) is 8.42. The molecule has 22 heavy (non-hydrogen) atoms. The van der Waals surface area contributed by atoms with Crippen molar-refractivity contribution in [2.75, 3.05) is 13.2 Å². The predicted octanol–water partition coefficient (Wildman–Crippen LogP) is 3.31. The van der Waals surface area contributed by atoms with Gasteiger partial charge >= 0.3 is 0 Å². The molecule has 1 aromatic heterocycles. The molecule has 0 radical (unpaired) electrons. The Morgan fingerprint density at radius 1 is 1.32 bits per heavy atom. The summed E-state index contributed by atoms with van der Waals surface area (Å²) in [6.07, 6.45) is 3.11. The molecule has 0 fully saturated rings. The summed E-state index contributed by atoms with van der Waals surface area (Å²) in [5.41, 5.74) is 0.475. The van der Waals surface area contributed by atoms with Gasteiger partial charge in [-0.3, -0.25) is 9.78 Å². The molecule has 0 bridgehead atoms. The summed E-state index contributed by atoms with van der Waals surface area (Å²) in [6.45, 7) is 0.440. The first kappa shape index (κ1) is 16.3. The van der Waals surface area contributed by atoms with Crippen LogP contribution in [0.4, 0.5) is 0 Å². The van der Waals surface area contributed by atoms with Gasteiger partial charge in [0.1, 0.15) is 12.4 Å². The molecule has 6 heteroatoms. The molecule has 0 saturated carbocycles. The normalized spacial score (nSPS) is 9.55. The van der Waals surface area contributed by atoms with E-state index >= 15 is 0 Å².